The van der Waals surface area contributed by atoms with Gasteiger partial charge in [0.05, 0.1) is 6.04 Å². The number of benzene rings is 1. The molecule has 0 saturated heterocycles. The summed E-state index contributed by atoms with van der Waals surface area (Å²) in [6.07, 6.45) is 3.06. The molecule has 3 rings (SSSR count). The van der Waals surface area contributed by atoms with E-state index >= 15 is 0 Å². The lowest BCUT2D eigenvalue weighted by Gasteiger charge is -2.12. The second kappa shape index (κ2) is 4.34. The number of fused-ring (bicyclic) bond motifs is 1. The van der Waals surface area contributed by atoms with Gasteiger partial charge in [-0.2, -0.15) is 5.26 Å². The van der Waals surface area contributed by atoms with E-state index in [2.05, 4.69) is 15.3 Å². The van der Waals surface area contributed by atoms with Gasteiger partial charge >= 0.3 is 0 Å². The molecular formula is C13H10N4O. The molecule has 1 unspecified atom stereocenters. The number of rotatable bonds is 2. The van der Waals surface area contributed by atoms with Gasteiger partial charge in [-0.05, 0) is 6.07 Å². The Hall–Kier alpha value is -2.61. The van der Waals surface area contributed by atoms with E-state index in [4.69, 9.17) is 10.00 Å². The molecule has 88 valence electrons. The highest BCUT2D eigenvalue weighted by Gasteiger charge is 2.24. The van der Waals surface area contributed by atoms with Gasteiger partial charge in [0.15, 0.2) is 11.5 Å². The summed E-state index contributed by atoms with van der Waals surface area (Å²) >= 11 is 0. The summed E-state index contributed by atoms with van der Waals surface area (Å²) in [6.45, 7) is 0.529. The van der Waals surface area contributed by atoms with Gasteiger partial charge in [0.1, 0.15) is 18.4 Å². The van der Waals surface area contributed by atoms with Crippen molar-refractivity contribution in [2.75, 3.05) is 11.9 Å². The highest BCUT2D eigenvalue weighted by Crippen LogP contribution is 2.33. The molecule has 1 N–H and O–H groups in total. The highest BCUT2D eigenvalue weighted by molar-refractivity contribution is 5.51. The van der Waals surface area contributed by atoms with Crippen LogP contribution in [0, 0.1) is 11.3 Å². The summed E-state index contributed by atoms with van der Waals surface area (Å²) in [5.74, 6) is 1.36. The van der Waals surface area contributed by atoms with E-state index < -0.39 is 0 Å². The first-order valence-electron chi connectivity index (χ1n) is 5.58. The van der Waals surface area contributed by atoms with Crippen molar-refractivity contribution in [3.05, 3.63) is 47.9 Å². The molecule has 1 aliphatic rings. The van der Waals surface area contributed by atoms with E-state index in [1.807, 2.05) is 30.3 Å². The second-order valence-electron chi connectivity index (χ2n) is 3.91. The minimum absolute atomic E-state index is 0.00463. The number of ether oxygens (including phenoxy) is 1. The van der Waals surface area contributed by atoms with Crippen LogP contribution >= 0.6 is 0 Å². The topological polar surface area (TPSA) is 70.8 Å². The fraction of sp³-hybridized carbons (Fsp3) is 0.154. The van der Waals surface area contributed by atoms with Gasteiger partial charge in [0, 0.05) is 18.0 Å². The predicted molar refractivity (Wildman–Crippen MR) is 65.0 cm³/mol. The van der Waals surface area contributed by atoms with Crippen LogP contribution in [0.4, 0.5) is 5.82 Å². The number of hydrogen-bond acceptors (Lipinski definition) is 5. The lowest BCUT2D eigenvalue weighted by Crippen LogP contribution is -2.14. The third-order valence-corrected chi connectivity index (χ3v) is 2.82. The van der Waals surface area contributed by atoms with E-state index in [1.165, 1.54) is 6.20 Å². The minimum Gasteiger partial charge on any atom is -0.491 e. The average Bonchev–Trinajstić information content (AvgIpc) is 2.83. The second-order valence-corrected chi connectivity index (χ2v) is 3.91. The molecule has 0 amide bonds. The van der Waals surface area contributed by atoms with E-state index in [1.54, 1.807) is 6.20 Å². The summed E-state index contributed by atoms with van der Waals surface area (Å²) in [5.41, 5.74) is 1.37. The number of nitriles is 1. The van der Waals surface area contributed by atoms with Crippen LogP contribution in [0.2, 0.25) is 0 Å². The Bertz CT molecular complexity index is 620. The van der Waals surface area contributed by atoms with Crippen molar-refractivity contribution in [3.8, 4) is 11.8 Å². The molecule has 0 spiro atoms. The normalized spacial score (nSPS) is 16.5. The zero-order valence-corrected chi connectivity index (χ0v) is 9.50. The summed E-state index contributed by atoms with van der Waals surface area (Å²) in [5, 5.41) is 12.2. The Morgan fingerprint density at radius 2 is 2.11 bits per heavy atom. The van der Waals surface area contributed by atoms with Crippen LogP contribution in [-0.2, 0) is 0 Å². The van der Waals surface area contributed by atoms with Crippen molar-refractivity contribution in [2.45, 2.75) is 6.04 Å². The number of hydrogen-bond donors (Lipinski definition) is 1. The maximum absolute atomic E-state index is 8.96. The number of nitrogens with one attached hydrogen (secondary N) is 1. The highest BCUT2D eigenvalue weighted by atomic mass is 16.5. The van der Waals surface area contributed by atoms with Gasteiger partial charge in [-0.1, -0.05) is 18.2 Å². The molecule has 1 aromatic heterocycles. The molecular weight excluding hydrogens is 228 g/mol. The van der Waals surface area contributed by atoms with Crippen molar-refractivity contribution < 1.29 is 4.74 Å². The lowest BCUT2D eigenvalue weighted by atomic mass is 10.1. The minimum atomic E-state index is 0.00463. The van der Waals surface area contributed by atoms with Gasteiger partial charge in [0.25, 0.3) is 0 Å². The van der Waals surface area contributed by atoms with Crippen LogP contribution in [0.25, 0.3) is 0 Å². The Morgan fingerprint density at radius 3 is 3.00 bits per heavy atom. The molecule has 1 aromatic carbocycles. The van der Waals surface area contributed by atoms with Crippen LogP contribution in [0.1, 0.15) is 17.3 Å². The molecule has 1 atom stereocenters. The van der Waals surface area contributed by atoms with Crippen LogP contribution in [0.5, 0.6) is 5.75 Å². The van der Waals surface area contributed by atoms with Crippen LogP contribution in [0.3, 0.4) is 0 Å². The first kappa shape index (κ1) is 10.5. The van der Waals surface area contributed by atoms with E-state index in [-0.39, 0.29) is 6.04 Å². The molecule has 18 heavy (non-hydrogen) atoms. The molecule has 1 aliphatic heterocycles. The Morgan fingerprint density at radius 1 is 1.28 bits per heavy atom. The fourth-order valence-corrected chi connectivity index (χ4v) is 1.97. The first-order valence-corrected chi connectivity index (χ1v) is 5.58. The standard InChI is InChI=1S/C13H10N4O/c14-7-10-13(16-6-5-15-10)17-11-8-18-12-4-2-1-3-9(11)12/h1-6,11H,8H2,(H,16,17). The van der Waals surface area contributed by atoms with Gasteiger partial charge in [-0.3, -0.25) is 0 Å². The maximum Gasteiger partial charge on any atom is 0.182 e. The van der Waals surface area contributed by atoms with Crippen molar-refractivity contribution in [3.63, 3.8) is 0 Å². The largest absolute Gasteiger partial charge is 0.491 e. The monoisotopic (exact) mass is 238 g/mol. The molecule has 5 heteroatoms. The quantitative estimate of drug-likeness (QED) is 0.865. The number of para-hydroxylation sites is 1. The Balaban J connectivity index is 1.89. The van der Waals surface area contributed by atoms with Crippen LogP contribution < -0.4 is 10.1 Å². The van der Waals surface area contributed by atoms with Crippen molar-refractivity contribution in [2.24, 2.45) is 0 Å². The lowest BCUT2D eigenvalue weighted by molar-refractivity contribution is 0.339. The third kappa shape index (κ3) is 1.74. The number of nitrogens with zero attached hydrogens (tertiary/aromatic N) is 3. The SMILES string of the molecule is N#Cc1nccnc1NC1COc2ccccc21. The Kier molecular flexibility index (Phi) is 2.54. The summed E-state index contributed by atoms with van der Waals surface area (Å²) in [7, 11) is 0. The summed E-state index contributed by atoms with van der Waals surface area (Å²) in [4.78, 5) is 8.10. The zero-order chi connectivity index (χ0) is 12.4. The zero-order valence-electron chi connectivity index (χ0n) is 9.50. The number of aromatic nitrogens is 2. The van der Waals surface area contributed by atoms with Gasteiger partial charge in [0.2, 0.25) is 0 Å². The maximum atomic E-state index is 8.96. The van der Waals surface area contributed by atoms with E-state index in [0.717, 1.165) is 11.3 Å². The third-order valence-electron chi connectivity index (χ3n) is 2.82. The fourth-order valence-electron chi connectivity index (χ4n) is 1.97. The molecule has 0 aliphatic carbocycles. The van der Waals surface area contributed by atoms with Gasteiger partial charge in [-0.15, -0.1) is 0 Å². The average molecular weight is 238 g/mol. The van der Waals surface area contributed by atoms with E-state index in [9.17, 15) is 0 Å². The number of anilines is 1. The molecule has 2 aromatic rings. The van der Waals surface area contributed by atoms with Gasteiger partial charge in [-0.25, -0.2) is 9.97 Å². The van der Waals surface area contributed by atoms with Gasteiger partial charge < -0.3 is 10.1 Å². The Labute approximate surface area is 104 Å². The van der Waals surface area contributed by atoms with Crippen LogP contribution in [-0.4, -0.2) is 16.6 Å². The summed E-state index contributed by atoms with van der Waals surface area (Å²) < 4.78 is 5.56. The van der Waals surface area contributed by atoms with Crippen LogP contribution in [0.15, 0.2) is 36.7 Å². The molecule has 2 heterocycles. The van der Waals surface area contributed by atoms with Crippen molar-refractivity contribution >= 4 is 5.82 Å². The molecule has 0 saturated carbocycles. The first-order chi connectivity index (χ1) is 8.88. The smallest absolute Gasteiger partial charge is 0.182 e. The van der Waals surface area contributed by atoms with Crippen molar-refractivity contribution in [1.82, 2.24) is 9.97 Å². The van der Waals surface area contributed by atoms with Crippen molar-refractivity contribution in [1.29, 1.82) is 5.26 Å². The molecule has 5 nitrogen and oxygen atoms in total. The van der Waals surface area contributed by atoms with E-state index in [0.29, 0.717) is 18.1 Å². The molecule has 0 fully saturated rings. The molecule has 0 bridgehead atoms. The molecule has 0 radical (unpaired) electrons. The summed E-state index contributed by atoms with van der Waals surface area (Å²) in [6, 6.07) is 9.85. The predicted octanol–water partition coefficient (Wildman–Crippen LogP) is 1.89.